The maximum absolute atomic E-state index is 5.93. The average Bonchev–Trinajstić information content (AvgIpc) is 2.43. The van der Waals surface area contributed by atoms with Crippen molar-refractivity contribution in [1.29, 1.82) is 0 Å². The van der Waals surface area contributed by atoms with E-state index >= 15 is 0 Å². The molecule has 2 aromatic carbocycles. The minimum atomic E-state index is 0.109. The van der Waals surface area contributed by atoms with Gasteiger partial charge in [0.25, 0.3) is 0 Å². The maximum Gasteiger partial charge on any atom is 0.120 e. The van der Waals surface area contributed by atoms with Crippen molar-refractivity contribution < 1.29 is 4.74 Å². The van der Waals surface area contributed by atoms with Crippen LogP contribution in [0.1, 0.15) is 17.2 Å². The van der Waals surface area contributed by atoms with Gasteiger partial charge < -0.3 is 10.1 Å². The van der Waals surface area contributed by atoms with Gasteiger partial charge in [0.15, 0.2) is 0 Å². The molecule has 0 fully saturated rings. The summed E-state index contributed by atoms with van der Waals surface area (Å²) in [5, 5.41) is 4.06. The predicted octanol–water partition coefficient (Wildman–Crippen LogP) is 4.42. The fourth-order valence-electron chi connectivity index (χ4n) is 2.03. The fourth-order valence-corrected chi connectivity index (χ4v) is 2.74. The average molecular weight is 341 g/mol. The first-order valence-corrected chi connectivity index (χ1v) is 7.09. The summed E-state index contributed by atoms with van der Waals surface area (Å²) in [4.78, 5) is 0. The highest BCUT2D eigenvalue weighted by atomic mass is 79.9. The first-order chi connectivity index (χ1) is 9.15. The molecule has 0 spiro atoms. The lowest BCUT2D eigenvalue weighted by molar-refractivity contribution is 0.414. The van der Waals surface area contributed by atoms with Crippen molar-refractivity contribution in [2.24, 2.45) is 0 Å². The molecule has 1 unspecified atom stereocenters. The predicted molar refractivity (Wildman–Crippen MR) is 83.0 cm³/mol. The molecule has 2 rings (SSSR count). The number of hydrogen-bond donors (Lipinski definition) is 1. The van der Waals surface area contributed by atoms with Crippen molar-refractivity contribution in [1.82, 2.24) is 5.32 Å². The first-order valence-electron chi connectivity index (χ1n) is 5.92. The lowest BCUT2D eigenvalue weighted by atomic mass is 9.99. The summed E-state index contributed by atoms with van der Waals surface area (Å²) in [7, 11) is 3.60. The zero-order valence-electron chi connectivity index (χ0n) is 10.8. The first kappa shape index (κ1) is 14.4. The van der Waals surface area contributed by atoms with E-state index in [4.69, 9.17) is 16.3 Å². The molecule has 0 saturated carbocycles. The Labute approximate surface area is 126 Å². The normalized spacial score (nSPS) is 12.2. The van der Waals surface area contributed by atoms with Gasteiger partial charge in [-0.1, -0.05) is 45.7 Å². The second kappa shape index (κ2) is 6.42. The Kier molecular flexibility index (Phi) is 4.86. The van der Waals surface area contributed by atoms with Crippen LogP contribution in [0.5, 0.6) is 5.75 Å². The quantitative estimate of drug-likeness (QED) is 0.889. The Morgan fingerprint density at radius 1 is 1.16 bits per heavy atom. The van der Waals surface area contributed by atoms with Gasteiger partial charge in [-0.15, -0.1) is 0 Å². The summed E-state index contributed by atoms with van der Waals surface area (Å²) in [5.41, 5.74) is 2.32. The van der Waals surface area contributed by atoms with Crippen LogP contribution in [0.2, 0.25) is 5.02 Å². The van der Waals surface area contributed by atoms with E-state index in [1.807, 2.05) is 43.4 Å². The van der Waals surface area contributed by atoms with Gasteiger partial charge in [-0.2, -0.15) is 0 Å². The van der Waals surface area contributed by atoms with Crippen molar-refractivity contribution >= 4 is 27.5 Å². The molecule has 4 heteroatoms. The summed E-state index contributed by atoms with van der Waals surface area (Å²) < 4.78 is 6.23. The molecule has 0 aliphatic rings. The zero-order chi connectivity index (χ0) is 13.8. The monoisotopic (exact) mass is 339 g/mol. The number of halogens is 2. The Morgan fingerprint density at radius 2 is 1.84 bits per heavy atom. The van der Waals surface area contributed by atoms with Gasteiger partial charge in [0.1, 0.15) is 5.75 Å². The topological polar surface area (TPSA) is 21.3 Å². The van der Waals surface area contributed by atoms with Crippen molar-refractivity contribution in [3.8, 4) is 5.75 Å². The van der Waals surface area contributed by atoms with E-state index in [0.717, 1.165) is 26.4 Å². The third kappa shape index (κ3) is 3.30. The van der Waals surface area contributed by atoms with Crippen LogP contribution in [-0.4, -0.2) is 14.2 Å². The molecular weight excluding hydrogens is 326 g/mol. The molecule has 2 aromatic rings. The highest BCUT2D eigenvalue weighted by Crippen LogP contribution is 2.31. The number of hydrogen-bond acceptors (Lipinski definition) is 2. The van der Waals surface area contributed by atoms with Crippen LogP contribution in [-0.2, 0) is 0 Å². The Morgan fingerprint density at radius 3 is 2.37 bits per heavy atom. The standard InChI is InChI=1S/C15H15BrClNO/c1-18-15(10-3-5-11(17)6-4-10)13-8-7-12(19-2)9-14(13)16/h3-9,15,18H,1-2H3. The van der Waals surface area contributed by atoms with Crippen molar-refractivity contribution in [2.45, 2.75) is 6.04 Å². The van der Waals surface area contributed by atoms with Gasteiger partial charge in [-0.3, -0.25) is 0 Å². The second-order valence-electron chi connectivity index (χ2n) is 4.16. The number of rotatable bonds is 4. The van der Waals surface area contributed by atoms with Crippen LogP contribution in [0.3, 0.4) is 0 Å². The van der Waals surface area contributed by atoms with Gasteiger partial charge in [0.05, 0.1) is 13.2 Å². The molecule has 0 bridgehead atoms. The lowest BCUT2D eigenvalue weighted by Crippen LogP contribution is -2.18. The third-order valence-electron chi connectivity index (χ3n) is 3.01. The van der Waals surface area contributed by atoms with Gasteiger partial charge in [0, 0.05) is 9.50 Å². The van der Waals surface area contributed by atoms with Crippen LogP contribution in [0.15, 0.2) is 46.9 Å². The van der Waals surface area contributed by atoms with E-state index < -0.39 is 0 Å². The minimum absolute atomic E-state index is 0.109. The second-order valence-corrected chi connectivity index (χ2v) is 5.45. The smallest absolute Gasteiger partial charge is 0.120 e. The van der Waals surface area contributed by atoms with Crippen LogP contribution in [0, 0.1) is 0 Å². The molecular formula is C15H15BrClNO. The van der Waals surface area contributed by atoms with Gasteiger partial charge in [-0.25, -0.2) is 0 Å². The molecule has 1 N–H and O–H groups in total. The molecule has 0 radical (unpaired) electrons. The minimum Gasteiger partial charge on any atom is -0.497 e. The SMILES string of the molecule is CNC(c1ccc(Cl)cc1)c1ccc(OC)cc1Br. The zero-order valence-corrected chi connectivity index (χ0v) is 13.1. The van der Waals surface area contributed by atoms with Gasteiger partial charge in [-0.05, 0) is 42.4 Å². The highest BCUT2D eigenvalue weighted by Gasteiger charge is 2.15. The van der Waals surface area contributed by atoms with Crippen LogP contribution >= 0.6 is 27.5 Å². The summed E-state index contributed by atoms with van der Waals surface area (Å²) in [6.07, 6.45) is 0. The third-order valence-corrected chi connectivity index (χ3v) is 3.95. The molecule has 0 heterocycles. The molecule has 0 aromatic heterocycles. The highest BCUT2D eigenvalue weighted by molar-refractivity contribution is 9.10. The van der Waals surface area contributed by atoms with Gasteiger partial charge in [0.2, 0.25) is 0 Å². The van der Waals surface area contributed by atoms with E-state index in [-0.39, 0.29) is 6.04 Å². The van der Waals surface area contributed by atoms with E-state index in [1.54, 1.807) is 7.11 Å². The van der Waals surface area contributed by atoms with Crippen LogP contribution < -0.4 is 10.1 Å². The number of methoxy groups -OCH3 is 1. The molecule has 100 valence electrons. The van der Waals surface area contributed by atoms with E-state index in [1.165, 1.54) is 0 Å². The Hall–Kier alpha value is -1.03. The van der Waals surface area contributed by atoms with Crippen LogP contribution in [0.25, 0.3) is 0 Å². The summed E-state index contributed by atoms with van der Waals surface area (Å²) in [5.74, 6) is 0.835. The molecule has 19 heavy (non-hydrogen) atoms. The largest absolute Gasteiger partial charge is 0.497 e. The molecule has 2 nitrogen and oxygen atoms in total. The van der Waals surface area contributed by atoms with E-state index in [0.29, 0.717) is 0 Å². The summed E-state index contributed by atoms with van der Waals surface area (Å²) in [6.45, 7) is 0. The van der Waals surface area contributed by atoms with Gasteiger partial charge >= 0.3 is 0 Å². The Balaban J connectivity index is 2.39. The van der Waals surface area contributed by atoms with Crippen molar-refractivity contribution in [3.05, 3.63) is 63.1 Å². The fraction of sp³-hybridized carbons (Fsp3) is 0.200. The van der Waals surface area contributed by atoms with E-state index in [9.17, 15) is 0 Å². The van der Waals surface area contributed by atoms with E-state index in [2.05, 4.69) is 27.3 Å². The summed E-state index contributed by atoms with van der Waals surface area (Å²) >= 11 is 9.53. The maximum atomic E-state index is 5.93. The number of nitrogens with one attached hydrogen (secondary N) is 1. The lowest BCUT2D eigenvalue weighted by Gasteiger charge is -2.19. The molecule has 0 saturated heterocycles. The van der Waals surface area contributed by atoms with Crippen LogP contribution in [0.4, 0.5) is 0 Å². The molecule has 0 aliphatic heterocycles. The molecule has 0 aliphatic carbocycles. The molecule has 0 amide bonds. The van der Waals surface area contributed by atoms with Crippen molar-refractivity contribution in [2.75, 3.05) is 14.2 Å². The molecule has 1 atom stereocenters. The number of benzene rings is 2. The summed E-state index contributed by atoms with van der Waals surface area (Å²) in [6, 6.07) is 13.9. The number of ether oxygens (including phenoxy) is 1. The van der Waals surface area contributed by atoms with Crippen molar-refractivity contribution in [3.63, 3.8) is 0 Å². The Bertz CT molecular complexity index is 557.